The maximum atomic E-state index is 5.78. The van der Waals surface area contributed by atoms with Gasteiger partial charge in [0.25, 0.3) is 0 Å². The largest absolute Gasteiger partial charge is 0.380 e. The van der Waals surface area contributed by atoms with Crippen LogP contribution in [0, 0.1) is 11.8 Å². The van der Waals surface area contributed by atoms with Crippen molar-refractivity contribution in [3.63, 3.8) is 0 Å². The van der Waals surface area contributed by atoms with E-state index in [1.165, 1.54) is 32.2 Å². The minimum Gasteiger partial charge on any atom is -0.380 e. The third-order valence-corrected chi connectivity index (χ3v) is 4.28. The molecule has 0 spiro atoms. The van der Waals surface area contributed by atoms with Crippen molar-refractivity contribution in [2.75, 3.05) is 32.8 Å². The molecule has 1 saturated heterocycles. The van der Waals surface area contributed by atoms with Gasteiger partial charge in [0.2, 0.25) is 0 Å². The molecule has 2 atom stereocenters. The molecule has 3 nitrogen and oxygen atoms in total. The molecule has 0 bridgehead atoms. The highest BCUT2D eigenvalue weighted by Crippen LogP contribution is 2.18. The van der Waals surface area contributed by atoms with E-state index in [0.29, 0.717) is 12.1 Å². The lowest BCUT2D eigenvalue weighted by Gasteiger charge is -2.41. The first-order chi connectivity index (χ1) is 10.0. The minimum atomic E-state index is 0.657. The summed E-state index contributed by atoms with van der Waals surface area (Å²) in [6.45, 7) is 16.8. The van der Waals surface area contributed by atoms with Crippen LogP contribution in [0.5, 0.6) is 0 Å². The second kappa shape index (κ2) is 10.6. The first-order valence-electron chi connectivity index (χ1n) is 9.08. The number of nitrogens with zero attached hydrogens (tertiary/aromatic N) is 1. The topological polar surface area (TPSA) is 24.5 Å². The molecule has 0 amide bonds. The Bertz CT molecular complexity index is 256. The van der Waals surface area contributed by atoms with Crippen LogP contribution in [-0.4, -0.2) is 49.8 Å². The van der Waals surface area contributed by atoms with Crippen molar-refractivity contribution in [3.05, 3.63) is 0 Å². The molecular formula is C18H38N2O. The lowest BCUT2D eigenvalue weighted by Crippen LogP contribution is -2.57. The van der Waals surface area contributed by atoms with E-state index in [2.05, 4.69) is 44.8 Å². The SMILES string of the molecule is CCCCOCCN1CC(CC(C)C)NCC1CC(C)C. The normalized spacial score (nSPS) is 24.1. The number of piperazine rings is 1. The van der Waals surface area contributed by atoms with E-state index >= 15 is 0 Å². The van der Waals surface area contributed by atoms with E-state index in [1.807, 2.05) is 0 Å². The van der Waals surface area contributed by atoms with Gasteiger partial charge in [-0.05, 0) is 31.1 Å². The third-order valence-electron chi connectivity index (χ3n) is 4.28. The van der Waals surface area contributed by atoms with Gasteiger partial charge in [-0.15, -0.1) is 0 Å². The molecule has 1 fully saturated rings. The van der Waals surface area contributed by atoms with Crippen LogP contribution in [-0.2, 0) is 4.74 Å². The van der Waals surface area contributed by atoms with E-state index in [1.54, 1.807) is 0 Å². The molecule has 126 valence electrons. The molecule has 3 heteroatoms. The van der Waals surface area contributed by atoms with Gasteiger partial charge in [0, 0.05) is 38.3 Å². The van der Waals surface area contributed by atoms with Crippen molar-refractivity contribution in [1.29, 1.82) is 0 Å². The summed E-state index contributed by atoms with van der Waals surface area (Å²) in [7, 11) is 0. The summed E-state index contributed by atoms with van der Waals surface area (Å²) in [5.74, 6) is 1.54. The zero-order chi connectivity index (χ0) is 15.7. The fourth-order valence-corrected chi connectivity index (χ4v) is 3.24. The lowest BCUT2D eigenvalue weighted by atomic mass is 9.96. The minimum absolute atomic E-state index is 0.657. The average molecular weight is 299 g/mol. The molecule has 2 unspecified atom stereocenters. The number of ether oxygens (including phenoxy) is 1. The number of nitrogens with one attached hydrogen (secondary N) is 1. The summed E-state index contributed by atoms with van der Waals surface area (Å²) in [4.78, 5) is 2.68. The van der Waals surface area contributed by atoms with Gasteiger partial charge in [-0.3, -0.25) is 4.90 Å². The second-order valence-corrected chi connectivity index (χ2v) is 7.48. The molecule has 0 aliphatic carbocycles. The van der Waals surface area contributed by atoms with Gasteiger partial charge in [0.05, 0.1) is 6.61 Å². The van der Waals surface area contributed by atoms with Crippen molar-refractivity contribution >= 4 is 0 Å². The molecule has 0 radical (unpaired) electrons. The van der Waals surface area contributed by atoms with Gasteiger partial charge in [0.15, 0.2) is 0 Å². The van der Waals surface area contributed by atoms with Crippen molar-refractivity contribution < 1.29 is 4.74 Å². The molecule has 0 aromatic heterocycles. The van der Waals surface area contributed by atoms with Crippen molar-refractivity contribution in [1.82, 2.24) is 10.2 Å². The van der Waals surface area contributed by atoms with Crippen LogP contribution in [0.15, 0.2) is 0 Å². The van der Waals surface area contributed by atoms with Gasteiger partial charge in [-0.25, -0.2) is 0 Å². The molecule has 1 heterocycles. The number of hydrogen-bond acceptors (Lipinski definition) is 3. The van der Waals surface area contributed by atoms with Crippen molar-refractivity contribution in [2.24, 2.45) is 11.8 Å². The molecule has 0 aromatic carbocycles. The quantitative estimate of drug-likeness (QED) is 0.624. The van der Waals surface area contributed by atoms with Crippen LogP contribution in [0.25, 0.3) is 0 Å². The molecule has 1 aliphatic heterocycles. The highest BCUT2D eigenvalue weighted by atomic mass is 16.5. The summed E-state index contributed by atoms with van der Waals surface area (Å²) < 4.78 is 5.78. The van der Waals surface area contributed by atoms with Crippen molar-refractivity contribution in [2.45, 2.75) is 72.4 Å². The predicted molar refractivity (Wildman–Crippen MR) is 91.8 cm³/mol. The van der Waals surface area contributed by atoms with E-state index in [0.717, 1.165) is 38.1 Å². The van der Waals surface area contributed by atoms with Crippen LogP contribution in [0.2, 0.25) is 0 Å². The lowest BCUT2D eigenvalue weighted by molar-refractivity contribution is 0.0549. The van der Waals surface area contributed by atoms with Crippen LogP contribution in [0.4, 0.5) is 0 Å². The Hall–Kier alpha value is -0.120. The fourth-order valence-electron chi connectivity index (χ4n) is 3.24. The smallest absolute Gasteiger partial charge is 0.0593 e. The summed E-state index contributed by atoms with van der Waals surface area (Å²) in [6.07, 6.45) is 4.98. The van der Waals surface area contributed by atoms with Gasteiger partial charge in [-0.1, -0.05) is 41.0 Å². The van der Waals surface area contributed by atoms with Crippen LogP contribution in [0.1, 0.15) is 60.3 Å². The van der Waals surface area contributed by atoms with Gasteiger partial charge in [0.1, 0.15) is 0 Å². The van der Waals surface area contributed by atoms with Gasteiger partial charge >= 0.3 is 0 Å². The van der Waals surface area contributed by atoms with E-state index < -0.39 is 0 Å². The first-order valence-corrected chi connectivity index (χ1v) is 9.08. The van der Waals surface area contributed by atoms with Crippen LogP contribution < -0.4 is 5.32 Å². The fraction of sp³-hybridized carbons (Fsp3) is 1.00. The maximum Gasteiger partial charge on any atom is 0.0593 e. The Morgan fingerprint density at radius 2 is 1.81 bits per heavy atom. The molecular weight excluding hydrogens is 260 g/mol. The maximum absolute atomic E-state index is 5.78. The van der Waals surface area contributed by atoms with Gasteiger partial charge < -0.3 is 10.1 Å². The standard InChI is InChI=1S/C18H38N2O/c1-6-7-9-21-10-8-20-14-17(11-15(2)3)19-13-18(20)12-16(4)5/h15-19H,6-14H2,1-5H3. The van der Waals surface area contributed by atoms with E-state index in [9.17, 15) is 0 Å². The summed E-state index contributed by atoms with van der Waals surface area (Å²) in [6, 6.07) is 1.34. The molecule has 0 saturated carbocycles. The molecule has 1 aliphatic rings. The highest BCUT2D eigenvalue weighted by molar-refractivity contribution is 4.87. The van der Waals surface area contributed by atoms with Crippen molar-refractivity contribution in [3.8, 4) is 0 Å². The Labute approximate surface area is 132 Å². The zero-order valence-corrected chi connectivity index (χ0v) is 15.0. The third kappa shape index (κ3) is 8.18. The van der Waals surface area contributed by atoms with Crippen LogP contribution in [0.3, 0.4) is 0 Å². The summed E-state index contributed by atoms with van der Waals surface area (Å²) >= 11 is 0. The first kappa shape index (κ1) is 18.9. The molecule has 1 rings (SSSR count). The second-order valence-electron chi connectivity index (χ2n) is 7.48. The molecule has 1 N–H and O–H groups in total. The van der Waals surface area contributed by atoms with Gasteiger partial charge in [-0.2, -0.15) is 0 Å². The summed E-state index contributed by atoms with van der Waals surface area (Å²) in [5, 5.41) is 3.76. The summed E-state index contributed by atoms with van der Waals surface area (Å²) in [5.41, 5.74) is 0. The number of rotatable bonds is 10. The number of unbranched alkanes of at least 4 members (excludes halogenated alkanes) is 1. The van der Waals surface area contributed by atoms with E-state index in [-0.39, 0.29) is 0 Å². The Morgan fingerprint density at radius 1 is 1.10 bits per heavy atom. The Morgan fingerprint density at radius 3 is 2.43 bits per heavy atom. The van der Waals surface area contributed by atoms with E-state index in [4.69, 9.17) is 4.74 Å². The molecule has 0 aromatic rings. The Kier molecular flexibility index (Phi) is 9.54. The Balaban J connectivity index is 2.40. The highest BCUT2D eigenvalue weighted by Gasteiger charge is 2.28. The monoisotopic (exact) mass is 298 g/mol. The zero-order valence-electron chi connectivity index (χ0n) is 15.0. The average Bonchev–Trinajstić information content (AvgIpc) is 2.40. The number of hydrogen-bond donors (Lipinski definition) is 1. The van der Waals surface area contributed by atoms with Crippen LogP contribution >= 0.6 is 0 Å². The molecule has 21 heavy (non-hydrogen) atoms. The predicted octanol–water partition coefficient (Wildman–Crippen LogP) is 3.54.